The van der Waals surface area contributed by atoms with Crippen LogP contribution in [0.3, 0.4) is 0 Å². The predicted octanol–water partition coefficient (Wildman–Crippen LogP) is 2.00. The molecule has 0 saturated carbocycles. The Morgan fingerprint density at radius 1 is 1.78 bits per heavy atom. The molecule has 0 aliphatic carbocycles. The fourth-order valence-corrected chi connectivity index (χ4v) is 1.34. The standard InChI is InChI=1S/C8H15N/c1-4-8-6-5-7(2)9(8)3/h5,8H,4,6H2,1-3H3. The molecule has 0 saturated heterocycles. The summed E-state index contributed by atoms with van der Waals surface area (Å²) in [6.07, 6.45) is 4.83. The highest BCUT2D eigenvalue weighted by Crippen LogP contribution is 2.20. The summed E-state index contributed by atoms with van der Waals surface area (Å²) in [6.45, 7) is 4.42. The van der Waals surface area contributed by atoms with Crippen molar-refractivity contribution in [2.24, 2.45) is 0 Å². The van der Waals surface area contributed by atoms with Gasteiger partial charge in [0.15, 0.2) is 0 Å². The van der Waals surface area contributed by atoms with Crippen LogP contribution in [-0.2, 0) is 0 Å². The van der Waals surface area contributed by atoms with E-state index in [1.54, 1.807) is 0 Å². The molecule has 52 valence electrons. The average molecular weight is 125 g/mol. The molecule has 1 unspecified atom stereocenters. The average Bonchev–Trinajstić information content (AvgIpc) is 2.15. The number of rotatable bonds is 1. The first-order valence-corrected chi connectivity index (χ1v) is 3.65. The SMILES string of the molecule is CCC1CC=C(C)N1C. The van der Waals surface area contributed by atoms with Gasteiger partial charge in [-0.2, -0.15) is 0 Å². The molecular weight excluding hydrogens is 110 g/mol. The van der Waals surface area contributed by atoms with Crippen LogP contribution in [-0.4, -0.2) is 18.0 Å². The van der Waals surface area contributed by atoms with Crippen LogP contribution in [0.5, 0.6) is 0 Å². The lowest BCUT2D eigenvalue weighted by molar-refractivity contribution is 0.326. The maximum atomic E-state index is 2.36. The van der Waals surface area contributed by atoms with Gasteiger partial charge in [-0.05, 0) is 19.8 Å². The molecule has 0 aromatic rings. The molecule has 0 amide bonds. The summed E-state index contributed by atoms with van der Waals surface area (Å²) in [4.78, 5) is 2.36. The molecular formula is C8H15N. The van der Waals surface area contributed by atoms with Crippen molar-refractivity contribution in [1.82, 2.24) is 4.90 Å². The van der Waals surface area contributed by atoms with Gasteiger partial charge < -0.3 is 4.90 Å². The van der Waals surface area contributed by atoms with E-state index in [0.29, 0.717) is 0 Å². The fourth-order valence-electron chi connectivity index (χ4n) is 1.34. The number of allylic oxidation sites excluding steroid dienone is 1. The largest absolute Gasteiger partial charge is 0.375 e. The molecule has 1 heteroatoms. The normalized spacial score (nSPS) is 26.8. The van der Waals surface area contributed by atoms with Crippen molar-refractivity contribution in [3.05, 3.63) is 11.8 Å². The summed E-state index contributed by atoms with van der Waals surface area (Å²) in [6, 6.07) is 0.782. The first-order valence-electron chi connectivity index (χ1n) is 3.65. The summed E-state index contributed by atoms with van der Waals surface area (Å²) in [7, 11) is 2.17. The summed E-state index contributed by atoms with van der Waals surface area (Å²) in [5, 5.41) is 0. The first-order chi connectivity index (χ1) is 4.25. The minimum atomic E-state index is 0.782. The lowest BCUT2D eigenvalue weighted by Crippen LogP contribution is -2.23. The Morgan fingerprint density at radius 3 is 2.67 bits per heavy atom. The van der Waals surface area contributed by atoms with Crippen molar-refractivity contribution in [3.63, 3.8) is 0 Å². The number of nitrogens with zero attached hydrogens (tertiary/aromatic N) is 1. The Bertz CT molecular complexity index is 127. The highest BCUT2D eigenvalue weighted by Gasteiger charge is 2.16. The molecule has 1 heterocycles. The van der Waals surface area contributed by atoms with E-state index in [4.69, 9.17) is 0 Å². The molecule has 1 aliphatic heterocycles. The van der Waals surface area contributed by atoms with Gasteiger partial charge in [-0.3, -0.25) is 0 Å². The molecule has 0 aromatic carbocycles. The van der Waals surface area contributed by atoms with Gasteiger partial charge in [0.25, 0.3) is 0 Å². The summed E-state index contributed by atoms with van der Waals surface area (Å²) < 4.78 is 0. The molecule has 1 rings (SSSR count). The van der Waals surface area contributed by atoms with E-state index in [-0.39, 0.29) is 0 Å². The van der Waals surface area contributed by atoms with E-state index < -0.39 is 0 Å². The van der Waals surface area contributed by atoms with Crippen LogP contribution in [0.2, 0.25) is 0 Å². The number of hydrogen-bond acceptors (Lipinski definition) is 1. The Labute approximate surface area is 57.4 Å². The minimum Gasteiger partial charge on any atom is -0.375 e. The van der Waals surface area contributed by atoms with E-state index in [9.17, 15) is 0 Å². The molecule has 0 spiro atoms. The van der Waals surface area contributed by atoms with Crippen molar-refractivity contribution >= 4 is 0 Å². The maximum Gasteiger partial charge on any atom is 0.0316 e. The van der Waals surface area contributed by atoms with Gasteiger partial charge in [-0.1, -0.05) is 13.0 Å². The topological polar surface area (TPSA) is 3.24 Å². The molecule has 1 atom stereocenters. The van der Waals surface area contributed by atoms with Gasteiger partial charge in [-0.25, -0.2) is 0 Å². The Morgan fingerprint density at radius 2 is 2.44 bits per heavy atom. The van der Waals surface area contributed by atoms with Crippen molar-refractivity contribution < 1.29 is 0 Å². The van der Waals surface area contributed by atoms with E-state index in [0.717, 1.165) is 6.04 Å². The van der Waals surface area contributed by atoms with Gasteiger partial charge in [0.2, 0.25) is 0 Å². The van der Waals surface area contributed by atoms with Crippen LogP contribution in [0.15, 0.2) is 11.8 Å². The maximum absolute atomic E-state index is 2.36. The minimum absolute atomic E-state index is 0.782. The van der Waals surface area contributed by atoms with Crippen molar-refractivity contribution in [1.29, 1.82) is 0 Å². The molecule has 1 nitrogen and oxygen atoms in total. The lowest BCUT2D eigenvalue weighted by Gasteiger charge is -2.22. The van der Waals surface area contributed by atoms with E-state index in [2.05, 4.69) is 31.9 Å². The highest BCUT2D eigenvalue weighted by atomic mass is 15.1. The van der Waals surface area contributed by atoms with Crippen LogP contribution < -0.4 is 0 Å². The Balaban J connectivity index is 2.51. The van der Waals surface area contributed by atoms with E-state index >= 15 is 0 Å². The van der Waals surface area contributed by atoms with Crippen molar-refractivity contribution in [3.8, 4) is 0 Å². The van der Waals surface area contributed by atoms with Crippen LogP contribution in [0, 0.1) is 0 Å². The van der Waals surface area contributed by atoms with Gasteiger partial charge in [-0.15, -0.1) is 0 Å². The molecule has 0 N–H and O–H groups in total. The molecule has 0 aromatic heterocycles. The zero-order valence-electron chi connectivity index (χ0n) is 6.52. The van der Waals surface area contributed by atoms with Gasteiger partial charge in [0.05, 0.1) is 0 Å². The van der Waals surface area contributed by atoms with Crippen LogP contribution >= 0.6 is 0 Å². The monoisotopic (exact) mass is 125 g/mol. The fraction of sp³-hybridized carbons (Fsp3) is 0.750. The van der Waals surface area contributed by atoms with Crippen molar-refractivity contribution in [2.45, 2.75) is 32.7 Å². The second-order valence-electron chi connectivity index (χ2n) is 2.75. The summed E-state index contributed by atoms with van der Waals surface area (Å²) in [5.74, 6) is 0. The van der Waals surface area contributed by atoms with Gasteiger partial charge in [0.1, 0.15) is 0 Å². The van der Waals surface area contributed by atoms with E-state index in [1.165, 1.54) is 18.5 Å². The quantitative estimate of drug-likeness (QED) is 0.518. The van der Waals surface area contributed by atoms with E-state index in [1.807, 2.05) is 0 Å². The lowest BCUT2D eigenvalue weighted by atomic mass is 10.2. The van der Waals surface area contributed by atoms with Crippen LogP contribution in [0.4, 0.5) is 0 Å². The Hall–Kier alpha value is -0.460. The zero-order valence-corrected chi connectivity index (χ0v) is 6.52. The van der Waals surface area contributed by atoms with Gasteiger partial charge >= 0.3 is 0 Å². The van der Waals surface area contributed by atoms with Gasteiger partial charge in [0, 0.05) is 18.8 Å². The number of hydrogen-bond donors (Lipinski definition) is 0. The van der Waals surface area contributed by atoms with Crippen molar-refractivity contribution in [2.75, 3.05) is 7.05 Å². The summed E-state index contributed by atoms with van der Waals surface area (Å²) >= 11 is 0. The second-order valence-corrected chi connectivity index (χ2v) is 2.75. The molecule has 9 heavy (non-hydrogen) atoms. The smallest absolute Gasteiger partial charge is 0.0316 e. The molecule has 0 bridgehead atoms. The third-order valence-corrected chi connectivity index (χ3v) is 2.26. The molecule has 0 radical (unpaired) electrons. The second kappa shape index (κ2) is 2.42. The Kier molecular flexibility index (Phi) is 1.79. The third-order valence-electron chi connectivity index (χ3n) is 2.26. The summed E-state index contributed by atoms with van der Waals surface area (Å²) in [5.41, 5.74) is 1.43. The highest BCUT2D eigenvalue weighted by molar-refractivity contribution is 5.06. The molecule has 1 aliphatic rings. The third kappa shape index (κ3) is 1.09. The van der Waals surface area contributed by atoms with Crippen LogP contribution in [0.1, 0.15) is 26.7 Å². The van der Waals surface area contributed by atoms with Crippen LogP contribution in [0.25, 0.3) is 0 Å². The zero-order chi connectivity index (χ0) is 6.85. The predicted molar refractivity (Wildman–Crippen MR) is 40.2 cm³/mol. The molecule has 0 fully saturated rings. The first kappa shape index (κ1) is 6.66.